The Balaban J connectivity index is 1.53. The molecule has 2 aliphatic rings. The van der Waals surface area contributed by atoms with E-state index in [0.29, 0.717) is 11.8 Å². The molecule has 1 aliphatic carbocycles. The summed E-state index contributed by atoms with van der Waals surface area (Å²) in [4.78, 5) is 18.5. The molecule has 1 saturated heterocycles. The van der Waals surface area contributed by atoms with Gasteiger partial charge in [-0.3, -0.25) is 0 Å². The molecule has 1 aromatic heterocycles. The second-order valence-corrected chi connectivity index (χ2v) is 7.57. The Kier molecular flexibility index (Phi) is 3.59. The highest BCUT2D eigenvalue weighted by molar-refractivity contribution is 9.10. The average molecular weight is 354 g/mol. The molecule has 3 atom stereocenters. The minimum absolute atomic E-state index is 0.249. The van der Waals surface area contributed by atoms with E-state index < -0.39 is 5.60 Å². The number of aromatic nitrogens is 1. The third-order valence-corrected chi connectivity index (χ3v) is 4.53. The number of nitrogens with zero attached hydrogens (tertiary/aromatic N) is 2. The molecule has 0 aromatic carbocycles. The number of pyridine rings is 1. The Labute approximate surface area is 133 Å². The van der Waals surface area contributed by atoms with E-state index in [9.17, 15) is 4.79 Å². The molecule has 2 heterocycles. The van der Waals surface area contributed by atoms with Crippen molar-refractivity contribution in [1.82, 2.24) is 10.3 Å². The van der Waals surface area contributed by atoms with Gasteiger partial charge in [-0.2, -0.15) is 0 Å². The summed E-state index contributed by atoms with van der Waals surface area (Å²) < 4.78 is 6.32. The van der Waals surface area contributed by atoms with E-state index in [4.69, 9.17) is 4.74 Å². The van der Waals surface area contributed by atoms with Gasteiger partial charge in [0.05, 0.1) is 4.47 Å². The second-order valence-electron chi connectivity index (χ2n) is 6.71. The van der Waals surface area contributed by atoms with Crippen LogP contribution in [0.15, 0.2) is 22.8 Å². The predicted octanol–water partition coefficient (Wildman–Crippen LogP) is 2.80. The molecule has 0 radical (unpaired) electrons. The third-order valence-electron chi connectivity index (χ3n) is 3.92. The van der Waals surface area contributed by atoms with E-state index in [-0.39, 0.29) is 12.1 Å². The minimum Gasteiger partial charge on any atom is -0.444 e. The number of anilines is 1. The van der Waals surface area contributed by atoms with Gasteiger partial charge in [0.1, 0.15) is 11.4 Å². The lowest BCUT2D eigenvalue weighted by atomic mass is 10.2. The number of fused-ring (bicyclic) bond motifs is 1. The molecule has 1 saturated carbocycles. The smallest absolute Gasteiger partial charge is 0.407 e. The summed E-state index contributed by atoms with van der Waals surface area (Å²) in [7, 11) is 0. The predicted molar refractivity (Wildman–Crippen MR) is 84.3 cm³/mol. The molecule has 6 heteroatoms. The lowest BCUT2D eigenvalue weighted by Gasteiger charge is -2.23. The van der Waals surface area contributed by atoms with Crippen molar-refractivity contribution in [2.75, 3.05) is 18.0 Å². The maximum absolute atomic E-state index is 11.8. The molecular weight excluding hydrogens is 334 g/mol. The van der Waals surface area contributed by atoms with Crippen LogP contribution in [-0.4, -0.2) is 35.8 Å². The number of piperidine rings is 1. The Morgan fingerprint density at radius 1 is 1.43 bits per heavy atom. The zero-order valence-electron chi connectivity index (χ0n) is 12.5. The van der Waals surface area contributed by atoms with Gasteiger partial charge in [0, 0.05) is 37.2 Å². The fraction of sp³-hybridized carbons (Fsp3) is 0.600. The van der Waals surface area contributed by atoms with Gasteiger partial charge < -0.3 is 15.0 Å². The first-order chi connectivity index (χ1) is 9.85. The van der Waals surface area contributed by atoms with E-state index in [2.05, 4.69) is 31.1 Å². The summed E-state index contributed by atoms with van der Waals surface area (Å²) in [6.45, 7) is 7.49. The van der Waals surface area contributed by atoms with Crippen LogP contribution in [0, 0.1) is 11.8 Å². The van der Waals surface area contributed by atoms with Gasteiger partial charge in [0.25, 0.3) is 0 Å². The second kappa shape index (κ2) is 5.16. The topological polar surface area (TPSA) is 54.5 Å². The summed E-state index contributed by atoms with van der Waals surface area (Å²) >= 11 is 3.54. The summed E-state index contributed by atoms with van der Waals surface area (Å²) in [5, 5.41) is 2.98. The molecule has 0 bridgehead atoms. The number of hydrogen-bond donors (Lipinski definition) is 1. The number of carbonyl (C=O) groups is 1. The van der Waals surface area contributed by atoms with Crippen molar-refractivity contribution in [2.24, 2.45) is 11.8 Å². The van der Waals surface area contributed by atoms with E-state index in [1.54, 1.807) is 6.20 Å². The summed E-state index contributed by atoms with van der Waals surface area (Å²) in [6, 6.07) is 4.17. The molecule has 2 unspecified atom stereocenters. The highest BCUT2D eigenvalue weighted by atomic mass is 79.9. The standard InChI is InChI=1S/C15H20BrN3O2/c1-15(2,3)21-14(20)18-12-9-7-19(8-10(9)12)13-11(16)5-4-6-17-13/h4-6,9-10,12H,7-8H2,1-3H3,(H,18,20)/t9-,10?,12?/m0/s1. The van der Waals surface area contributed by atoms with Crippen LogP contribution in [0.25, 0.3) is 0 Å². The maximum atomic E-state index is 11.8. The zero-order valence-corrected chi connectivity index (χ0v) is 14.1. The van der Waals surface area contributed by atoms with Crippen molar-refractivity contribution in [3.63, 3.8) is 0 Å². The lowest BCUT2D eigenvalue weighted by molar-refractivity contribution is 0.0518. The number of amides is 1. The molecule has 1 N–H and O–H groups in total. The van der Waals surface area contributed by atoms with Crippen molar-refractivity contribution in [3.05, 3.63) is 22.8 Å². The van der Waals surface area contributed by atoms with Crippen LogP contribution >= 0.6 is 15.9 Å². The summed E-state index contributed by atoms with van der Waals surface area (Å²) in [5.74, 6) is 2.00. The molecule has 5 nitrogen and oxygen atoms in total. The zero-order chi connectivity index (χ0) is 15.2. The SMILES string of the molecule is CC(C)(C)OC(=O)NC1C2CN(c3ncccc3Br)C[C@@H]21. The Morgan fingerprint density at radius 2 is 2.10 bits per heavy atom. The van der Waals surface area contributed by atoms with Crippen molar-refractivity contribution in [2.45, 2.75) is 32.4 Å². The van der Waals surface area contributed by atoms with Gasteiger partial charge in [-0.25, -0.2) is 9.78 Å². The Hall–Kier alpha value is -1.30. The van der Waals surface area contributed by atoms with Crippen molar-refractivity contribution in [3.8, 4) is 0 Å². The molecule has 1 aliphatic heterocycles. The molecule has 3 rings (SSSR count). The van der Waals surface area contributed by atoms with Gasteiger partial charge in [0.2, 0.25) is 0 Å². The number of alkyl carbamates (subject to hydrolysis) is 1. The quantitative estimate of drug-likeness (QED) is 0.888. The van der Waals surface area contributed by atoms with Crippen LogP contribution in [0.1, 0.15) is 20.8 Å². The first kappa shape index (κ1) is 14.6. The van der Waals surface area contributed by atoms with Crippen LogP contribution in [-0.2, 0) is 4.74 Å². The fourth-order valence-corrected chi connectivity index (χ4v) is 3.47. The average Bonchev–Trinajstić information content (AvgIpc) is 2.83. The molecule has 1 amide bonds. The number of hydrogen-bond acceptors (Lipinski definition) is 4. The largest absolute Gasteiger partial charge is 0.444 e. The highest BCUT2D eigenvalue weighted by Gasteiger charge is 2.57. The molecule has 1 aromatic rings. The van der Waals surface area contributed by atoms with E-state index in [1.165, 1.54) is 0 Å². The normalized spacial score (nSPS) is 27.2. The monoisotopic (exact) mass is 353 g/mol. The van der Waals surface area contributed by atoms with Crippen LogP contribution in [0.3, 0.4) is 0 Å². The van der Waals surface area contributed by atoms with Crippen molar-refractivity contribution >= 4 is 27.8 Å². The number of halogens is 1. The molecule has 21 heavy (non-hydrogen) atoms. The van der Waals surface area contributed by atoms with E-state index in [0.717, 1.165) is 23.4 Å². The third kappa shape index (κ3) is 3.15. The van der Waals surface area contributed by atoms with Crippen LogP contribution in [0.4, 0.5) is 10.6 Å². The van der Waals surface area contributed by atoms with Gasteiger partial charge in [-0.05, 0) is 48.8 Å². The number of ether oxygens (including phenoxy) is 1. The Morgan fingerprint density at radius 3 is 2.67 bits per heavy atom. The first-order valence-electron chi connectivity index (χ1n) is 7.20. The van der Waals surface area contributed by atoms with Crippen LogP contribution in [0.5, 0.6) is 0 Å². The summed E-state index contributed by atoms with van der Waals surface area (Å²) in [5.41, 5.74) is -0.445. The Bertz CT molecular complexity index is 546. The number of carbonyl (C=O) groups excluding carboxylic acids is 1. The van der Waals surface area contributed by atoms with Gasteiger partial charge in [-0.1, -0.05) is 0 Å². The molecule has 0 spiro atoms. The highest BCUT2D eigenvalue weighted by Crippen LogP contribution is 2.47. The van der Waals surface area contributed by atoms with Gasteiger partial charge >= 0.3 is 6.09 Å². The van der Waals surface area contributed by atoms with Gasteiger partial charge in [0.15, 0.2) is 0 Å². The van der Waals surface area contributed by atoms with Crippen molar-refractivity contribution < 1.29 is 9.53 Å². The van der Waals surface area contributed by atoms with Crippen molar-refractivity contribution in [1.29, 1.82) is 0 Å². The molecular formula is C15H20BrN3O2. The maximum Gasteiger partial charge on any atom is 0.407 e. The fourth-order valence-electron chi connectivity index (χ4n) is 2.97. The minimum atomic E-state index is -0.445. The van der Waals surface area contributed by atoms with Crippen LogP contribution in [0.2, 0.25) is 0 Å². The van der Waals surface area contributed by atoms with Crippen LogP contribution < -0.4 is 10.2 Å². The van der Waals surface area contributed by atoms with E-state index in [1.807, 2.05) is 32.9 Å². The number of nitrogens with one attached hydrogen (secondary N) is 1. The lowest BCUT2D eigenvalue weighted by Crippen LogP contribution is -2.38. The van der Waals surface area contributed by atoms with Gasteiger partial charge in [-0.15, -0.1) is 0 Å². The summed E-state index contributed by atoms with van der Waals surface area (Å²) in [6.07, 6.45) is 1.49. The van der Waals surface area contributed by atoms with E-state index >= 15 is 0 Å². The first-order valence-corrected chi connectivity index (χ1v) is 7.99. The molecule has 114 valence electrons. The number of rotatable bonds is 2. The molecule has 2 fully saturated rings.